The number of carbonyl (C=O) groups is 1. The molecule has 0 spiro atoms. The summed E-state index contributed by atoms with van der Waals surface area (Å²) < 4.78 is 13.4. The van der Waals surface area contributed by atoms with E-state index in [1.807, 2.05) is 29.0 Å². The van der Waals surface area contributed by atoms with Crippen molar-refractivity contribution >= 4 is 6.03 Å². The summed E-state index contributed by atoms with van der Waals surface area (Å²) in [5, 5.41) is 0. The van der Waals surface area contributed by atoms with Crippen molar-refractivity contribution in [2.75, 3.05) is 13.6 Å². The minimum absolute atomic E-state index is 0.0192. The van der Waals surface area contributed by atoms with Crippen LogP contribution in [0.3, 0.4) is 0 Å². The molecule has 2 aliphatic rings. The van der Waals surface area contributed by atoms with Gasteiger partial charge in [-0.1, -0.05) is 36.4 Å². The van der Waals surface area contributed by atoms with Crippen molar-refractivity contribution in [3.05, 3.63) is 71.0 Å². The fourth-order valence-electron chi connectivity index (χ4n) is 4.08. The summed E-state index contributed by atoms with van der Waals surface area (Å²) >= 11 is 0. The molecule has 0 bridgehead atoms. The van der Waals surface area contributed by atoms with E-state index in [2.05, 4.69) is 12.1 Å². The fourth-order valence-corrected chi connectivity index (χ4v) is 4.08. The van der Waals surface area contributed by atoms with Crippen molar-refractivity contribution in [1.29, 1.82) is 0 Å². The largest absolute Gasteiger partial charge is 0.328 e. The van der Waals surface area contributed by atoms with Gasteiger partial charge in [-0.2, -0.15) is 0 Å². The Bertz CT molecular complexity index is 801. The summed E-state index contributed by atoms with van der Waals surface area (Å²) in [6.45, 7) is 0.654. The molecule has 5 heteroatoms. The molecule has 136 valence electrons. The van der Waals surface area contributed by atoms with E-state index in [1.165, 1.54) is 17.7 Å². The highest BCUT2D eigenvalue weighted by Gasteiger charge is 2.38. The van der Waals surface area contributed by atoms with Gasteiger partial charge in [0.1, 0.15) is 5.82 Å². The topological polar surface area (TPSA) is 49.6 Å². The number of amides is 2. The Labute approximate surface area is 153 Å². The lowest BCUT2D eigenvalue weighted by Gasteiger charge is -2.45. The summed E-state index contributed by atoms with van der Waals surface area (Å²) in [4.78, 5) is 17.0. The Hall–Kier alpha value is -2.40. The van der Waals surface area contributed by atoms with E-state index in [0.717, 1.165) is 30.4 Å². The van der Waals surface area contributed by atoms with Gasteiger partial charge in [-0.25, -0.2) is 9.18 Å². The summed E-state index contributed by atoms with van der Waals surface area (Å²) in [6, 6.07) is 14.9. The third kappa shape index (κ3) is 2.97. The maximum absolute atomic E-state index is 13.4. The van der Waals surface area contributed by atoms with Gasteiger partial charge in [-0.05, 0) is 48.1 Å². The van der Waals surface area contributed by atoms with Crippen LogP contribution in [0.15, 0.2) is 48.5 Å². The summed E-state index contributed by atoms with van der Waals surface area (Å²) in [6.07, 6.45) is 2.54. The first-order chi connectivity index (χ1) is 12.5. The number of benzene rings is 2. The molecule has 0 aromatic heterocycles. The van der Waals surface area contributed by atoms with Gasteiger partial charge in [-0.3, -0.25) is 0 Å². The van der Waals surface area contributed by atoms with Crippen LogP contribution in [-0.4, -0.2) is 41.5 Å². The highest BCUT2D eigenvalue weighted by molar-refractivity contribution is 5.76. The Morgan fingerprint density at radius 3 is 2.54 bits per heavy atom. The van der Waals surface area contributed by atoms with Gasteiger partial charge in [0, 0.05) is 25.7 Å². The van der Waals surface area contributed by atoms with Crippen LogP contribution < -0.4 is 5.73 Å². The number of hydrogen-bond donors (Lipinski definition) is 1. The van der Waals surface area contributed by atoms with Crippen molar-refractivity contribution < 1.29 is 9.18 Å². The molecule has 1 atom stereocenters. The van der Waals surface area contributed by atoms with Gasteiger partial charge in [-0.15, -0.1) is 0 Å². The standard InChI is InChI=1S/C21H24FN3O/c1-24(18-12-17(23)13-18)21(26)25-11-10-14-4-2-3-5-19(14)20(25)15-6-8-16(22)9-7-15/h2-9,17-18,20H,10-13,23H2,1H3/t17?,18?,20-/m0/s1. The predicted molar refractivity (Wildman–Crippen MR) is 99.3 cm³/mol. The molecule has 1 aliphatic carbocycles. The second kappa shape index (κ2) is 6.72. The second-order valence-electron chi connectivity index (χ2n) is 7.38. The molecule has 1 heterocycles. The van der Waals surface area contributed by atoms with Crippen LogP contribution in [0.25, 0.3) is 0 Å². The van der Waals surface area contributed by atoms with Crippen LogP contribution in [-0.2, 0) is 6.42 Å². The molecule has 4 rings (SSSR count). The van der Waals surface area contributed by atoms with Crippen LogP contribution in [0.4, 0.5) is 9.18 Å². The molecule has 2 aromatic rings. The molecule has 4 nitrogen and oxygen atoms in total. The number of halogens is 1. The molecule has 2 amide bonds. The summed E-state index contributed by atoms with van der Waals surface area (Å²) in [7, 11) is 1.86. The average Bonchev–Trinajstić information content (AvgIpc) is 2.64. The zero-order valence-electron chi connectivity index (χ0n) is 14.9. The highest BCUT2D eigenvalue weighted by atomic mass is 19.1. The van der Waals surface area contributed by atoms with E-state index in [9.17, 15) is 9.18 Å². The molecule has 1 aliphatic heterocycles. The van der Waals surface area contributed by atoms with Crippen LogP contribution in [0.5, 0.6) is 0 Å². The van der Waals surface area contributed by atoms with E-state index in [0.29, 0.717) is 6.54 Å². The zero-order chi connectivity index (χ0) is 18.3. The second-order valence-corrected chi connectivity index (χ2v) is 7.38. The maximum atomic E-state index is 13.4. The maximum Gasteiger partial charge on any atom is 0.320 e. The third-order valence-electron chi connectivity index (χ3n) is 5.71. The predicted octanol–water partition coefficient (Wildman–Crippen LogP) is 3.31. The molecule has 2 aromatic carbocycles. The quantitative estimate of drug-likeness (QED) is 0.900. The Morgan fingerprint density at radius 2 is 1.85 bits per heavy atom. The summed E-state index contributed by atoms with van der Waals surface area (Å²) in [5.41, 5.74) is 9.20. The first kappa shape index (κ1) is 17.0. The number of urea groups is 1. The Kier molecular flexibility index (Phi) is 4.41. The highest BCUT2D eigenvalue weighted by Crippen LogP contribution is 2.36. The smallest absolute Gasteiger partial charge is 0.320 e. The number of rotatable bonds is 2. The molecular formula is C21H24FN3O. The minimum atomic E-state index is -0.267. The van der Waals surface area contributed by atoms with Crippen LogP contribution in [0, 0.1) is 5.82 Å². The molecule has 2 N–H and O–H groups in total. The van der Waals surface area contributed by atoms with Crippen molar-refractivity contribution in [2.24, 2.45) is 5.73 Å². The van der Waals surface area contributed by atoms with E-state index in [4.69, 9.17) is 5.73 Å². The number of nitrogens with two attached hydrogens (primary N) is 1. The SMILES string of the molecule is CN(C(=O)N1CCc2ccccc2[C@@H]1c1ccc(F)cc1)C1CC(N)C1. The van der Waals surface area contributed by atoms with Crippen molar-refractivity contribution in [2.45, 2.75) is 37.4 Å². The van der Waals surface area contributed by atoms with Gasteiger partial charge in [0.2, 0.25) is 0 Å². The number of carbonyl (C=O) groups excluding carboxylic acids is 1. The molecule has 0 unspecified atom stereocenters. The lowest BCUT2D eigenvalue weighted by molar-refractivity contribution is 0.103. The Morgan fingerprint density at radius 1 is 1.15 bits per heavy atom. The van der Waals surface area contributed by atoms with Crippen LogP contribution in [0.2, 0.25) is 0 Å². The zero-order valence-corrected chi connectivity index (χ0v) is 14.9. The van der Waals surface area contributed by atoms with Crippen LogP contribution >= 0.6 is 0 Å². The molecule has 1 fully saturated rings. The first-order valence-electron chi connectivity index (χ1n) is 9.17. The van der Waals surface area contributed by atoms with E-state index in [1.54, 1.807) is 12.1 Å². The molecule has 1 saturated carbocycles. The lowest BCUT2D eigenvalue weighted by Crippen LogP contribution is -2.55. The average molecular weight is 353 g/mol. The van der Waals surface area contributed by atoms with Gasteiger partial charge in [0.15, 0.2) is 0 Å². The van der Waals surface area contributed by atoms with E-state index in [-0.39, 0.29) is 30.0 Å². The Balaban J connectivity index is 1.68. The lowest BCUT2D eigenvalue weighted by atomic mass is 9.86. The van der Waals surface area contributed by atoms with Crippen molar-refractivity contribution in [1.82, 2.24) is 9.80 Å². The van der Waals surface area contributed by atoms with E-state index >= 15 is 0 Å². The minimum Gasteiger partial charge on any atom is -0.328 e. The molecule has 26 heavy (non-hydrogen) atoms. The molecular weight excluding hydrogens is 329 g/mol. The fraction of sp³-hybridized carbons (Fsp3) is 0.381. The monoisotopic (exact) mass is 353 g/mol. The number of nitrogens with zero attached hydrogens (tertiary/aromatic N) is 2. The van der Waals surface area contributed by atoms with Gasteiger partial charge >= 0.3 is 6.03 Å². The van der Waals surface area contributed by atoms with Gasteiger partial charge in [0.05, 0.1) is 6.04 Å². The van der Waals surface area contributed by atoms with Crippen molar-refractivity contribution in [3.63, 3.8) is 0 Å². The van der Waals surface area contributed by atoms with Crippen molar-refractivity contribution in [3.8, 4) is 0 Å². The van der Waals surface area contributed by atoms with Crippen LogP contribution in [0.1, 0.15) is 35.6 Å². The van der Waals surface area contributed by atoms with Gasteiger partial charge < -0.3 is 15.5 Å². The van der Waals surface area contributed by atoms with E-state index < -0.39 is 0 Å². The first-order valence-corrected chi connectivity index (χ1v) is 9.17. The van der Waals surface area contributed by atoms with Gasteiger partial charge in [0.25, 0.3) is 0 Å². The summed E-state index contributed by atoms with van der Waals surface area (Å²) in [5.74, 6) is -0.267. The third-order valence-corrected chi connectivity index (χ3v) is 5.71. The number of fused-ring (bicyclic) bond motifs is 1. The molecule has 0 radical (unpaired) electrons. The molecule has 0 saturated heterocycles. The normalized spacial score (nSPS) is 24.6. The number of hydrogen-bond acceptors (Lipinski definition) is 2.